The van der Waals surface area contributed by atoms with E-state index in [0.29, 0.717) is 0 Å². The number of para-hydroxylation sites is 1. The van der Waals surface area contributed by atoms with E-state index in [0.717, 1.165) is 55.5 Å². The van der Waals surface area contributed by atoms with Crippen LogP contribution in [-0.2, 0) is 6.54 Å². The number of aryl methyl sites for hydroxylation is 1. The number of methoxy groups -OCH3 is 1. The first-order valence-electron chi connectivity index (χ1n) is 8.51. The maximum Gasteiger partial charge on any atom is 0.200 e. The van der Waals surface area contributed by atoms with Gasteiger partial charge in [-0.3, -0.25) is 4.90 Å². The van der Waals surface area contributed by atoms with Crippen LogP contribution >= 0.6 is 0 Å². The molecule has 1 saturated heterocycles. The lowest BCUT2D eigenvalue weighted by Crippen LogP contribution is -2.46. The Morgan fingerprint density at radius 3 is 2.72 bits per heavy atom. The van der Waals surface area contributed by atoms with Crippen molar-refractivity contribution in [2.45, 2.75) is 13.5 Å². The second-order valence-electron chi connectivity index (χ2n) is 6.35. The molecule has 0 unspecified atom stereocenters. The summed E-state index contributed by atoms with van der Waals surface area (Å²) in [5.74, 6) is 0.958. The lowest BCUT2D eigenvalue weighted by atomic mass is 10.1. The van der Waals surface area contributed by atoms with E-state index in [1.54, 1.807) is 18.0 Å². The molecule has 7 nitrogen and oxygen atoms in total. The summed E-state index contributed by atoms with van der Waals surface area (Å²) in [7, 11) is 1.73. The fourth-order valence-electron chi connectivity index (χ4n) is 3.39. The SMILES string of the molecule is COc1ccccc1CN1CCN(c2cc(C)nn3cnnc23)CC1. The third kappa shape index (κ3) is 3.15. The Morgan fingerprint density at radius 2 is 1.92 bits per heavy atom. The average molecular weight is 338 g/mol. The Bertz CT molecular complexity index is 869. The van der Waals surface area contributed by atoms with Crippen molar-refractivity contribution in [3.05, 3.63) is 47.9 Å². The first-order chi connectivity index (χ1) is 12.2. The van der Waals surface area contributed by atoms with Gasteiger partial charge in [0, 0.05) is 38.3 Å². The normalized spacial score (nSPS) is 15.7. The zero-order chi connectivity index (χ0) is 17.2. The smallest absolute Gasteiger partial charge is 0.200 e. The highest BCUT2D eigenvalue weighted by molar-refractivity contribution is 5.68. The van der Waals surface area contributed by atoms with Crippen LogP contribution in [0.2, 0.25) is 0 Å². The van der Waals surface area contributed by atoms with Crippen LogP contribution in [-0.4, -0.2) is 58.0 Å². The summed E-state index contributed by atoms with van der Waals surface area (Å²) in [5, 5.41) is 12.6. The van der Waals surface area contributed by atoms with Gasteiger partial charge in [-0.05, 0) is 19.1 Å². The van der Waals surface area contributed by atoms with Gasteiger partial charge in [-0.1, -0.05) is 18.2 Å². The molecule has 0 spiro atoms. The van der Waals surface area contributed by atoms with Gasteiger partial charge >= 0.3 is 0 Å². The van der Waals surface area contributed by atoms with Gasteiger partial charge in [0.1, 0.15) is 12.1 Å². The molecule has 3 heterocycles. The van der Waals surface area contributed by atoms with E-state index in [-0.39, 0.29) is 0 Å². The molecule has 0 bridgehead atoms. The number of ether oxygens (including phenoxy) is 1. The van der Waals surface area contributed by atoms with Crippen molar-refractivity contribution in [1.29, 1.82) is 0 Å². The van der Waals surface area contributed by atoms with E-state index < -0.39 is 0 Å². The Morgan fingerprint density at radius 1 is 1.12 bits per heavy atom. The van der Waals surface area contributed by atoms with Crippen molar-refractivity contribution >= 4 is 11.3 Å². The van der Waals surface area contributed by atoms with Gasteiger partial charge in [0.25, 0.3) is 0 Å². The largest absolute Gasteiger partial charge is 0.496 e. The highest BCUT2D eigenvalue weighted by Crippen LogP contribution is 2.24. The molecular formula is C18H22N6O. The molecule has 4 rings (SSSR count). The number of hydrogen-bond acceptors (Lipinski definition) is 6. The molecule has 1 fully saturated rings. The Kier molecular flexibility index (Phi) is 4.23. The van der Waals surface area contributed by atoms with E-state index in [4.69, 9.17) is 4.74 Å². The van der Waals surface area contributed by atoms with Crippen LogP contribution in [0.3, 0.4) is 0 Å². The van der Waals surface area contributed by atoms with E-state index >= 15 is 0 Å². The molecule has 2 aromatic heterocycles. The Hall–Kier alpha value is -2.67. The van der Waals surface area contributed by atoms with Crippen molar-refractivity contribution in [1.82, 2.24) is 24.7 Å². The van der Waals surface area contributed by atoms with Gasteiger partial charge in [-0.2, -0.15) is 9.61 Å². The van der Waals surface area contributed by atoms with Crippen molar-refractivity contribution in [2.24, 2.45) is 0 Å². The van der Waals surface area contributed by atoms with E-state index in [9.17, 15) is 0 Å². The first-order valence-corrected chi connectivity index (χ1v) is 8.51. The van der Waals surface area contributed by atoms with Crippen LogP contribution in [0.25, 0.3) is 5.65 Å². The van der Waals surface area contributed by atoms with Gasteiger partial charge in [0.15, 0.2) is 0 Å². The third-order valence-electron chi connectivity index (χ3n) is 4.67. The molecule has 0 atom stereocenters. The molecule has 0 amide bonds. The highest BCUT2D eigenvalue weighted by Gasteiger charge is 2.21. The molecule has 1 aliphatic rings. The molecule has 3 aromatic rings. The zero-order valence-electron chi connectivity index (χ0n) is 14.6. The zero-order valence-corrected chi connectivity index (χ0v) is 14.6. The second kappa shape index (κ2) is 6.68. The van der Waals surface area contributed by atoms with Gasteiger partial charge in [-0.15, -0.1) is 10.2 Å². The minimum absolute atomic E-state index is 0.823. The van der Waals surface area contributed by atoms with Gasteiger partial charge in [-0.25, -0.2) is 0 Å². The predicted molar refractivity (Wildman–Crippen MR) is 96.0 cm³/mol. The maximum absolute atomic E-state index is 5.47. The van der Waals surface area contributed by atoms with E-state index in [1.807, 2.05) is 19.1 Å². The molecule has 0 N–H and O–H groups in total. The van der Waals surface area contributed by atoms with Crippen molar-refractivity contribution in [2.75, 3.05) is 38.2 Å². The summed E-state index contributed by atoms with van der Waals surface area (Å²) >= 11 is 0. The summed E-state index contributed by atoms with van der Waals surface area (Å²) < 4.78 is 7.22. The second-order valence-corrected chi connectivity index (χ2v) is 6.35. The maximum atomic E-state index is 5.47. The fraction of sp³-hybridized carbons (Fsp3) is 0.389. The quantitative estimate of drug-likeness (QED) is 0.722. The topological polar surface area (TPSA) is 58.8 Å². The molecule has 1 aliphatic heterocycles. The average Bonchev–Trinajstić information content (AvgIpc) is 3.10. The minimum atomic E-state index is 0.823. The number of fused-ring (bicyclic) bond motifs is 1. The number of nitrogens with zero attached hydrogens (tertiary/aromatic N) is 6. The molecule has 0 radical (unpaired) electrons. The lowest BCUT2D eigenvalue weighted by Gasteiger charge is -2.36. The van der Waals surface area contributed by atoms with Gasteiger partial charge in [0.05, 0.1) is 18.5 Å². The van der Waals surface area contributed by atoms with E-state index in [2.05, 4.69) is 43.3 Å². The number of rotatable bonds is 4. The molecule has 7 heteroatoms. The molecule has 0 aliphatic carbocycles. The van der Waals surface area contributed by atoms with Crippen molar-refractivity contribution in [3.63, 3.8) is 0 Å². The van der Waals surface area contributed by atoms with Crippen LogP contribution in [0, 0.1) is 6.92 Å². The van der Waals surface area contributed by atoms with Crippen LogP contribution in [0.5, 0.6) is 5.75 Å². The molecular weight excluding hydrogens is 316 g/mol. The first kappa shape index (κ1) is 15.8. The minimum Gasteiger partial charge on any atom is -0.496 e. The standard InChI is InChI=1S/C18H22N6O/c1-14-11-16(18-20-19-13-24(18)21-14)23-9-7-22(8-10-23)12-15-5-3-4-6-17(15)25-2/h3-6,11,13H,7-10,12H2,1-2H3. The van der Waals surface area contributed by atoms with Crippen LogP contribution in [0.15, 0.2) is 36.7 Å². The predicted octanol–water partition coefficient (Wildman–Crippen LogP) is 1.76. The third-order valence-corrected chi connectivity index (χ3v) is 4.67. The van der Waals surface area contributed by atoms with Gasteiger partial charge < -0.3 is 9.64 Å². The van der Waals surface area contributed by atoms with Crippen LogP contribution in [0.4, 0.5) is 5.69 Å². The van der Waals surface area contributed by atoms with Crippen LogP contribution < -0.4 is 9.64 Å². The Labute approximate surface area is 146 Å². The lowest BCUT2D eigenvalue weighted by molar-refractivity contribution is 0.246. The van der Waals surface area contributed by atoms with Crippen molar-refractivity contribution < 1.29 is 4.74 Å². The molecule has 1 aromatic carbocycles. The monoisotopic (exact) mass is 338 g/mol. The highest BCUT2D eigenvalue weighted by atomic mass is 16.5. The molecule has 130 valence electrons. The summed E-state index contributed by atoms with van der Waals surface area (Å²) in [6.45, 7) is 6.83. The number of benzene rings is 1. The molecule has 0 saturated carbocycles. The van der Waals surface area contributed by atoms with Gasteiger partial charge in [0.2, 0.25) is 5.65 Å². The number of hydrogen-bond donors (Lipinski definition) is 0. The summed E-state index contributed by atoms with van der Waals surface area (Å²) in [6, 6.07) is 10.3. The Balaban J connectivity index is 1.47. The summed E-state index contributed by atoms with van der Waals surface area (Å²) in [4.78, 5) is 4.83. The fourth-order valence-corrected chi connectivity index (χ4v) is 3.39. The summed E-state index contributed by atoms with van der Waals surface area (Å²) in [5.41, 5.74) is 4.14. The number of piperazine rings is 1. The number of anilines is 1. The van der Waals surface area contributed by atoms with E-state index in [1.165, 1.54) is 5.56 Å². The summed E-state index contributed by atoms with van der Waals surface area (Å²) in [6.07, 6.45) is 1.66. The van der Waals surface area contributed by atoms with Crippen LogP contribution in [0.1, 0.15) is 11.3 Å². The van der Waals surface area contributed by atoms with Crippen molar-refractivity contribution in [3.8, 4) is 5.75 Å². The molecule has 25 heavy (non-hydrogen) atoms. The number of aromatic nitrogens is 4.